The van der Waals surface area contributed by atoms with Crippen LogP contribution in [0, 0.1) is 27.7 Å². The number of fused-ring (bicyclic) bond motifs is 3. The molecule has 5 rings (SSSR count). The van der Waals surface area contributed by atoms with Crippen LogP contribution in [0.4, 0.5) is 0 Å². The summed E-state index contributed by atoms with van der Waals surface area (Å²) in [5.41, 5.74) is 13.4. The van der Waals surface area contributed by atoms with Crippen molar-refractivity contribution < 1.29 is 10.2 Å². The molecule has 2 nitrogen and oxygen atoms in total. The van der Waals surface area contributed by atoms with Crippen molar-refractivity contribution in [3.05, 3.63) is 94.0 Å². The zero-order chi connectivity index (χ0) is 21.9. The Morgan fingerprint density at radius 2 is 1.10 bits per heavy atom. The van der Waals surface area contributed by atoms with Gasteiger partial charge in [-0.2, -0.15) is 0 Å². The number of phenols is 2. The number of hydrogen-bond acceptors (Lipinski definition) is 2. The molecule has 0 bridgehead atoms. The Morgan fingerprint density at radius 3 is 1.71 bits per heavy atom. The third kappa shape index (κ3) is 3.02. The zero-order valence-corrected chi connectivity index (χ0v) is 18.4. The highest BCUT2D eigenvalue weighted by Crippen LogP contribution is 2.47. The number of aryl methyl sites for hydroxylation is 4. The molecular formula is C29H26O2. The van der Waals surface area contributed by atoms with Gasteiger partial charge in [0.1, 0.15) is 11.5 Å². The third-order valence-corrected chi connectivity index (χ3v) is 6.57. The standard InChI is InChI=1S/C29H26O2/c1-16-11-21(12-17(2)28(16)30)24-9-10-25-23-8-6-5-7-20(23)15-26(25)27(24)22-13-18(3)29(31)19(4)14-22/h5-14,30-31H,15H2,1-4H3. The maximum absolute atomic E-state index is 10.4. The van der Waals surface area contributed by atoms with E-state index in [-0.39, 0.29) is 0 Å². The van der Waals surface area contributed by atoms with E-state index in [1.165, 1.54) is 27.8 Å². The number of phenolic OH excluding ortho intramolecular Hbond substituents is 2. The monoisotopic (exact) mass is 406 g/mol. The number of rotatable bonds is 2. The fourth-order valence-electron chi connectivity index (χ4n) is 4.99. The molecule has 0 fully saturated rings. The summed E-state index contributed by atoms with van der Waals surface area (Å²) in [5, 5.41) is 20.7. The van der Waals surface area contributed by atoms with Crippen molar-refractivity contribution in [2.75, 3.05) is 0 Å². The van der Waals surface area contributed by atoms with Crippen LogP contribution in [-0.2, 0) is 6.42 Å². The van der Waals surface area contributed by atoms with E-state index >= 15 is 0 Å². The van der Waals surface area contributed by atoms with Gasteiger partial charge in [0.15, 0.2) is 0 Å². The molecule has 0 unspecified atom stereocenters. The summed E-state index contributed by atoms with van der Waals surface area (Å²) in [7, 11) is 0. The van der Waals surface area contributed by atoms with Gasteiger partial charge in [0.25, 0.3) is 0 Å². The summed E-state index contributed by atoms with van der Waals surface area (Å²) in [6, 6.07) is 21.4. The maximum Gasteiger partial charge on any atom is 0.121 e. The molecule has 1 aliphatic rings. The smallest absolute Gasteiger partial charge is 0.121 e. The number of hydrogen-bond donors (Lipinski definition) is 2. The van der Waals surface area contributed by atoms with Crippen LogP contribution in [0.2, 0.25) is 0 Å². The van der Waals surface area contributed by atoms with Crippen molar-refractivity contribution >= 4 is 0 Å². The minimum atomic E-state index is 0.357. The summed E-state index contributed by atoms with van der Waals surface area (Å²) < 4.78 is 0. The van der Waals surface area contributed by atoms with E-state index in [1.807, 2.05) is 27.7 Å². The van der Waals surface area contributed by atoms with Crippen LogP contribution in [0.5, 0.6) is 11.5 Å². The lowest BCUT2D eigenvalue weighted by Crippen LogP contribution is -1.95. The molecule has 4 aromatic carbocycles. The second-order valence-corrected chi connectivity index (χ2v) is 8.77. The molecule has 0 amide bonds. The molecule has 0 aliphatic heterocycles. The highest BCUT2D eigenvalue weighted by molar-refractivity contribution is 5.94. The Balaban J connectivity index is 1.84. The van der Waals surface area contributed by atoms with Crippen LogP contribution < -0.4 is 0 Å². The van der Waals surface area contributed by atoms with Gasteiger partial charge in [-0.3, -0.25) is 0 Å². The lowest BCUT2D eigenvalue weighted by Gasteiger charge is -2.19. The van der Waals surface area contributed by atoms with Gasteiger partial charge in [-0.25, -0.2) is 0 Å². The summed E-state index contributed by atoms with van der Waals surface area (Å²) in [5.74, 6) is 0.715. The molecule has 0 spiro atoms. The number of aromatic hydroxyl groups is 2. The Bertz CT molecular complexity index is 1320. The molecular weight excluding hydrogens is 380 g/mol. The van der Waals surface area contributed by atoms with E-state index in [9.17, 15) is 10.2 Å². The molecule has 0 atom stereocenters. The van der Waals surface area contributed by atoms with E-state index in [0.29, 0.717) is 11.5 Å². The van der Waals surface area contributed by atoms with Crippen molar-refractivity contribution in [3.8, 4) is 44.9 Å². The largest absolute Gasteiger partial charge is 0.507 e. The Hall–Kier alpha value is -3.52. The molecule has 1 aliphatic carbocycles. The summed E-state index contributed by atoms with van der Waals surface area (Å²) in [6.45, 7) is 7.81. The van der Waals surface area contributed by atoms with Crippen molar-refractivity contribution in [1.29, 1.82) is 0 Å². The Labute approximate surface area is 183 Å². The highest BCUT2D eigenvalue weighted by Gasteiger charge is 2.25. The molecule has 2 heteroatoms. The van der Waals surface area contributed by atoms with E-state index in [0.717, 1.165) is 45.4 Å². The van der Waals surface area contributed by atoms with Crippen LogP contribution in [-0.4, -0.2) is 10.2 Å². The average molecular weight is 407 g/mol. The van der Waals surface area contributed by atoms with Gasteiger partial charge >= 0.3 is 0 Å². The van der Waals surface area contributed by atoms with Gasteiger partial charge in [0, 0.05) is 0 Å². The molecule has 0 saturated heterocycles. The summed E-state index contributed by atoms with van der Waals surface area (Å²) >= 11 is 0. The molecule has 2 N–H and O–H groups in total. The van der Waals surface area contributed by atoms with Crippen LogP contribution in [0.15, 0.2) is 60.7 Å². The SMILES string of the molecule is Cc1cc(-c2ccc3c(c2-c2cc(C)c(O)c(C)c2)Cc2ccccc2-3)cc(C)c1O. The van der Waals surface area contributed by atoms with Gasteiger partial charge in [-0.05, 0) is 125 Å². The number of benzene rings is 4. The first-order valence-corrected chi connectivity index (χ1v) is 10.7. The van der Waals surface area contributed by atoms with Crippen molar-refractivity contribution in [1.82, 2.24) is 0 Å². The molecule has 0 saturated carbocycles. The normalized spacial score (nSPS) is 12.0. The summed E-state index contributed by atoms with van der Waals surface area (Å²) in [6.07, 6.45) is 0.893. The fraction of sp³-hybridized carbons (Fsp3) is 0.172. The predicted octanol–water partition coefficient (Wildman–Crippen LogP) is 7.24. The molecule has 154 valence electrons. The molecule has 0 heterocycles. The van der Waals surface area contributed by atoms with E-state index < -0.39 is 0 Å². The average Bonchev–Trinajstić information content (AvgIpc) is 3.13. The molecule has 4 aromatic rings. The van der Waals surface area contributed by atoms with E-state index in [2.05, 4.69) is 60.7 Å². The van der Waals surface area contributed by atoms with Crippen LogP contribution in [0.25, 0.3) is 33.4 Å². The maximum atomic E-state index is 10.4. The molecule has 31 heavy (non-hydrogen) atoms. The fourth-order valence-corrected chi connectivity index (χ4v) is 4.99. The zero-order valence-electron chi connectivity index (χ0n) is 18.4. The Morgan fingerprint density at radius 1 is 0.581 bits per heavy atom. The van der Waals surface area contributed by atoms with E-state index in [4.69, 9.17) is 0 Å². The van der Waals surface area contributed by atoms with Gasteiger partial charge < -0.3 is 10.2 Å². The predicted molar refractivity (Wildman–Crippen MR) is 128 cm³/mol. The second kappa shape index (κ2) is 7.02. The van der Waals surface area contributed by atoms with Crippen molar-refractivity contribution in [2.24, 2.45) is 0 Å². The second-order valence-electron chi connectivity index (χ2n) is 8.77. The van der Waals surface area contributed by atoms with Gasteiger partial charge in [-0.15, -0.1) is 0 Å². The van der Waals surface area contributed by atoms with Gasteiger partial charge in [-0.1, -0.05) is 36.4 Å². The van der Waals surface area contributed by atoms with Crippen molar-refractivity contribution in [2.45, 2.75) is 34.1 Å². The van der Waals surface area contributed by atoms with Gasteiger partial charge in [0.2, 0.25) is 0 Å². The molecule has 0 aromatic heterocycles. The van der Waals surface area contributed by atoms with Crippen molar-refractivity contribution in [3.63, 3.8) is 0 Å². The minimum Gasteiger partial charge on any atom is -0.507 e. The Kier molecular flexibility index (Phi) is 4.40. The van der Waals surface area contributed by atoms with Crippen LogP contribution in [0.3, 0.4) is 0 Å². The third-order valence-electron chi connectivity index (χ3n) is 6.57. The lowest BCUT2D eigenvalue weighted by molar-refractivity contribution is 0.466. The minimum absolute atomic E-state index is 0.357. The topological polar surface area (TPSA) is 40.5 Å². The quantitative estimate of drug-likeness (QED) is 0.324. The van der Waals surface area contributed by atoms with E-state index in [1.54, 1.807) is 0 Å². The van der Waals surface area contributed by atoms with Crippen LogP contribution in [0.1, 0.15) is 33.4 Å². The first-order chi connectivity index (χ1) is 14.8. The lowest BCUT2D eigenvalue weighted by atomic mass is 9.86. The highest BCUT2D eigenvalue weighted by atomic mass is 16.3. The van der Waals surface area contributed by atoms with Crippen LogP contribution >= 0.6 is 0 Å². The first kappa shape index (κ1) is 19.4. The first-order valence-electron chi connectivity index (χ1n) is 10.7. The summed E-state index contributed by atoms with van der Waals surface area (Å²) in [4.78, 5) is 0. The van der Waals surface area contributed by atoms with Gasteiger partial charge in [0.05, 0.1) is 0 Å². The molecule has 0 radical (unpaired) electrons.